The van der Waals surface area contributed by atoms with Gasteiger partial charge < -0.3 is 0 Å². The topological polar surface area (TPSA) is 55.2 Å². The summed E-state index contributed by atoms with van der Waals surface area (Å²) < 4.78 is 52.8. The van der Waals surface area contributed by atoms with Gasteiger partial charge in [0.05, 0.1) is 15.8 Å². The number of nitrogens with zero attached hydrogens (tertiary/aromatic N) is 3. The molecule has 23 heavy (non-hydrogen) atoms. The van der Waals surface area contributed by atoms with Crippen LogP contribution in [0.2, 0.25) is 0 Å². The number of pyridine rings is 1. The van der Waals surface area contributed by atoms with E-state index in [2.05, 4.69) is 14.4 Å². The second-order valence-electron chi connectivity index (χ2n) is 5.59. The van der Waals surface area contributed by atoms with Gasteiger partial charge in [0.1, 0.15) is 21.7 Å². The highest BCUT2D eigenvalue weighted by Gasteiger charge is 2.32. The van der Waals surface area contributed by atoms with Crippen molar-refractivity contribution in [3.8, 4) is 10.6 Å². The molecule has 0 saturated carbocycles. The minimum atomic E-state index is -4.46. The van der Waals surface area contributed by atoms with Crippen LogP contribution in [0.1, 0.15) is 31.3 Å². The monoisotopic (exact) mass is 361 g/mol. The van der Waals surface area contributed by atoms with Crippen molar-refractivity contribution in [2.75, 3.05) is 0 Å². The molecule has 124 valence electrons. The number of hydrogen-bond donors (Lipinski definition) is 0. The van der Waals surface area contributed by atoms with Crippen LogP contribution in [0.25, 0.3) is 10.6 Å². The van der Waals surface area contributed by atoms with Crippen molar-refractivity contribution in [2.24, 2.45) is 4.40 Å². The molecular weight excluding hydrogens is 347 g/mol. The van der Waals surface area contributed by atoms with Gasteiger partial charge in [0.25, 0.3) is 0 Å². The van der Waals surface area contributed by atoms with Gasteiger partial charge in [0, 0.05) is 18.0 Å². The van der Waals surface area contributed by atoms with Crippen molar-refractivity contribution < 1.29 is 17.4 Å². The average molecular weight is 361 g/mol. The Morgan fingerprint density at radius 2 is 1.87 bits per heavy atom. The first-order valence-corrected chi connectivity index (χ1v) is 8.45. The molecule has 0 bridgehead atoms. The highest BCUT2D eigenvalue weighted by Crippen LogP contribution is 2.30. The number of rotatable bonds is 3. The number of alkyl halides is 3. The van der Waals surface area contributed by atoms with Crippen LogP contribution in [0.15, 0.2) is 28.9 Å². The summed E-state index contributed by atoms with van der Waals surface area (Å²) in [5, 5.41) is 0.522. The predicted octanol–water partition coefficient (Wildman–Crippen LogP) is 4.11. The Balaban J connectivity index is 2.16. The normalized spacial score (nSPS) is 14.3. The largest absolute Gasteiger partial charge is 0.433 e. The fraction of sp³-hybridized carbons (Fsp3) is 0.357. The Bertz CT molecular complexity index is 731. The molecule has 0 aliphatic heterocycles. The molecule has 0 amide bonds. The summed E-state index contributed by atoms with van der Waals surface area (Å²) in [5.74, 6) is 0. The second kappa shape index (κ2) is 6.48. The van der Waals surface area contributed by atoms with Crippen molar-refractivity contribution >= 4 is 28.5 Å². The molecule has 0 aliphatic rings. The molecule has 2 heterocycles. The van der Waals surface area contributed by atoms with Gasteiger partial charge >= 0.3 is 6.18 Å². The summed E-state index contributed by atoms with van der Waals surface area (Å²) in [4.78, 5) is 8.19. The molecular formula is C14H14F3N3OS2. The standard InChI is InChI=1S/C14H14F3N3OS2/c1-13(2,3)23(21)20-8-10-7-19-12(22-10)9-4-5-11(18-6-9)14(15,16)17/h4-8H,1-3H3. The van der Waals surface area contributed by atoms with Crippen LogP contribution >= 0.6 is 11.3 Å². The minimum absolute atomic E-state index is 0.457. The Morgan fingerprint density at radius 1 is 1.17 bits per heavy atom. The Kier molecular flexibility index (Phi) is 5.00. The van der Waals surface area contributed by atoms with Gasteiger partial charge in [-0.1, -0.05) is 0 Å². The second-order valence-corrected chi connectivity index (χ2v) is 8.59. The molecule has 2 aromatic rings. The van der Waals surface area contributed by atoms with E-state index < -0.39 is 27.6 Å². The van der Waals surface area contributed by atoms with Gasteiger partial charge in [0.15, 0.2) is 0 Å². The highest BCUT2D eigenvalue weighted by atomic mass is 32.2. The maximum absolute atomic E-state index is 12.5. The lowest BCUT2D eigenvalue weighted by Crippen LogP contribution is -2.19. The van der Waals surface area contributed by atoms with E-state index in [4.69, 9.17) is 0 Å². The molecule has 0 aliphatic carbocycles. The van der Waals surface area contributed by atoms with E-state index in [9.17, 15) is 17.4 Å². The van der Waals surface area contributed by atoms with E-state index in [0.717, 1.165) is 12.3 Å². The molecule has 1 atom stereocenters. The molecule has 0 spiro atoms. The maximum Gasteiger partial charge on any atom is 0.433 e. The summed E-state index contributed by atoms with van der Waals surface area (Å²) in [6.07, 6.45) is -0.340. The number of thiazole rings is 1. The smallest absolute Gasteiger partial charge is 0.251 e. The Labute approximate surface area is 138 Å². The van der Waals surface area contributed by atoms with Gasteiger partial charge in [-0.3, -0.25) is 4.98 Å². The molecule has 4 nitrogen and oxygen atoms in total. The van der Waals surface area contributed by atoms with Crippen LogP contribution in [0.3, 0.4) is 0 Å². The first-order valence-electron chi connectivity index (χ1n) is 6.53. The van der Waals surface area contributed by atoms with E-state index in [1.54, 1.807) is 0 Å². The van der Waals surface area contributed by atoms with Gasteiger partial charge in [-0.05, 0) is 32.9 Å². The fourth-order valence-electron chi connectivity index (χ4n) is 1.43. The highest BCUT2D eigenvalue weighted by molar-refractivity contribution is 7.85. The van der Waals surface area contributed by atoms with Crippen LogP contribution in [0.4, 0.5) is 13.2 Å². The fourth-order valence-corrected chi connectivity index (χ4v) is 2.80. The van der Waals surface area contributed by atoms with E-state index in [-0.39, 0.29) is 0 Å². The summed E-state index contributed by atoms with van der Waals surface area (Å²) in [7, 11) is -1.38. The number of halogens is 3. The van der Waals surface area contributed by atoms with Crippen LogP contribution in [-0.2, 0) is 17.2 Å². The zero-order valence-electron chi connectivity index (χ0n) is 12.6. The first-order chi connectivity index (χ1) is 10.6. The Hall–Kier alpha value is -1.61. The van der Waals surface area contributed by atoms with Crippen LogP contribution in [0, 0.1) is 0 Å². The molecule has 0 saturated heterocycles. The zero-order valence-corrected chi connectivity index (χ0v) is 14.2. The summed E-state index contributed by atoms with van der Waals surface area (Å²) in [6.45, 7) is 5.44. The maximum atomic E-state index is 12.5. The molecule has 0 fully saturated rings. The molecule has 2 aromatic heterocycles. The van der Waals surface area contributed by atoms with Crippen LogP contribution in [-0.4, -0.2) is 25.1 Å². The Morgan fingerprint density at radius 3 is 2.39 bits per heavy atom. The summed E-state index contributed by atoms with van der Waals surface area (Å²) >= 11 is 1.24. The predicted molar refractivity (Wildman–Crippen MR) is 85.8 cm³/mol. The van der Waals surface area contributed by atoms with Crippen molar-refractivity contribution in [3.05, 3.63) is 35.1 Å². The van der Waals surface area contributed by atoms with Gasteiger partial charge in [-0.25, -0.2) is 9.19 Å². The van der Waals surface area contributed by atoms with Crippen molar-refractivity contribution in [1.82, 2.24) is 9.97 Å². The molecule has 0 radical (unpaired) electrons. The van der Waals surface area contributed by atoms with Crippen LogP contribution < -0.4 is 0 Å². The molecule has 0 aromatic carbocycles. The number of hydrogen-bond acceptors (Lipinski definition) is 4. The van der Waals surface area contributed by atoms with Gasteiger partial charge in [0.2, 0.25) is 0 Å². The third-order valence-corrected chi connectivity index (χ3v) is 4.95. The lowest BCUT2D eigenvalue weighted by molar-refractivity contribution is -0.141. The average Bonchev–Trinajstić information content (AvgIpc) is 2.91. The molecule has 1 unspecified atom stereocenters. The van der Waals surface area contributed by atoms with E-state index in [1.807, 2.05) is 20.8 Å². The minimum Gasteiger partial charge on any atom is -0.251 e. The molecule has 2 rings (SSSR count). The lowest BCUT2D eigenvalue weighted by Gasteiger charge is -2.12. The van der Waals surface area contributed by atoms with Crippen molar-refractivity contribution in [1.29, 1.82) is 0 Å². The van der Waals surface area contributed by atoms with E-state index in [1.165, 1.54) is 29.8 Å². The first kappa shape index (κ1) is 17.7. The van der Waals surface area contributed by atoms with E-state index in [0.29, 0.717) is 15.4 Å². The van der Waals surface area contributed by atoms with E-state index >= 15 is 0 Å². The zero-order chi connectivity index (χ0) is 17.3. The lowest BCUT2D eigenvalue weighted by atomic mass is 10.2. The third kappa shape index (κ3) is 4.68. The third-order valence-electron chi connectivity index (χ3n) is 2.62. The van der Waals surface area contributed by atoms with Gasteiger partial charge in [-0.15, -0.1) is 11.3 Å². The summed E-state index contributed by atoms with van der Waals surface area (Å²) in [6, 6.07) is 2.24. The van der Waals surface area contributed by atoms with Crippen molar-refractivity contribution in [2.45, 2.75) is 31.7 Å². The summed E-state index contributed by atoms with van der Waals surface area (Å²) in [5.41, 5.74) is -0.459. The number of aromatic nitrogens is 2. The quantitative estimate of drug-likeness (QED) is 0.773. The molecule has 9 heteroatoms. The molecule has 0 N–H and O–H groups in total. The van der Waals surface area contributed by atoms with Crippen molar-refractivity contribution in [3.63, 3.8) is 0 Å². The van der Waals surface area contributed by atoms with Gasteiger partial charge in [-0.2, -0.15) is 17.6 Å². The SMILES string of the molecule is CC(C)(C)S(=O)N=Cc1cnc(-c2ccc(C(F)(F)F)nc2)s1. The van der Waals surface area contributed by atoms with Crippen LogP contribution in [0.5, 0.6) is 0 Å².